The number of nitrogens with zero attached hydrogens (tertiary/aromatic N) is 1. The molecule has 0 unspecified atom stereocenters. The van der Waals surface area contributed by atoms with Gasteiger partial charge >= 0.3 is 6.03 Å². The number of urea groups is 1. The number of hydrogen-bond donors (Lipinski definition) is 1. The molecule has 1 saturated heterocycles. The van der Waals surface area contributed by atoms with Crippen LogP contribution in [0.4, 0.5) is 4.79 Å². The average molecular weight is 658 g/mol. The fourth-order valence-corrected chi connectivity index (χ4v) is 4.93. The monoisotopic (exact) mass is 656 g/mol. The number of hydrogen-bond acceptors (Lipinski definition) is 7. The molecule has 0 saturated carbocycles. The number of nitrogens with one attached hydrogen (secondary N) is 1. The zero-order chi connectivity index (χ0) is 30.2. The van der Waals surface area contributed by atoms with E-state index in [0.29, 0.717) is 56.8 Å². The second-order valence-corrected chi connectivity index (χ2v) is 10.4. The SMILES string of the molecule is CCCOc1ccc(CN2C(=O)NC(=O)/C(=C\c3cc(Br)c(OCc4ccccc4Cl)c(OC)c3)C2=O)cc1OCC. The van der Waals surface area contributed by atoms with Crippen molar-refractivity contribution in [1.82, 2.24) is 10.2 Å². The van der Waals surface area contributed by atoms with E-state index < -0.39 is 17.8 Å². The van der Waals surface area contributed by atoms with E-state index in [1.54, 1.807) is 36.4 Å². The molecule has 4 amide bonds. The molecule has 3 aromatic carbocycles. The molecule has 0 aliphatic carbocycles. The number of benzene rings is 3. The number of ether oxygens (including phenoxy) is 4. The van der Waals surface area contributed by atoms with Gasteiger partial charge in [-0.25, -0.2) is 4.79 Å². The normalized spacial score (nSPS) is 14.2. The van der Waals surface area contributed by atoms with Gasteiger partial charge in [-0.05, 0) is 76.8 Å². The van der Waals surface area contributed by atoms with Crippen LogP contribution >= 0.6 is 27.5 Å². The topological polar surface area (TPSA) is 103 Å². The maximum absolute atomic E-state index is 13.4. The van der Waals surface area contributed by atoms with E-state index in [9.17, 15) is 14.4 Å². The van der Waals surface area contributed by atoms with Gasteiger partial charge in [0.05, 0.1) is 31.3 Å². The second kappa shape index (κ2) is 14.2. The number of amides is 4. The van der Waals surface area contributed by atoms with Gasteiger partial charge in [-0.1, -0.05) is 42.8 Å². The molecule has 0 radical (unpaired) electrons. The minimum atomic E-state index is -0.812. The summed E-state index contributed by atoms with van der Waals surface area (Å²) in [5.74, 6) is 0.345. The number of rotatable bonds is 12. The summed E-state index contributed by atoms with van der Waals surface area (Å²) in [6.07, 6.45) is 2.23. The van der Waals surface area contributed by atoms with Gasteiger partial charge in [0.2, 0.25) is 0 Å². The molecule has 1 heterocycles. The van der Waals surface area contributed by atoms with Crippen LogP contribution in [-0.4, -0.2) is 43.1 Å². The summed E-state index contributed by atoms with van der Waals surface area (Å²) in [4.78, 5) is 39.8. The summed E-state index contributed by atoms with van der Waals surface area (Å²) in [7, 11) is 1.48. The number of methoxy groups -OCH3 is 1. The molecule has 1 N–H and O–H groups in total. The van der Waals surface area contributed by atoms with Crippen LogP contribution < -0.4 is 24.3 Å². The van der Waals surface area contributed by atoms with Crippen molar-refractivity contribution in [2.24, 2.45) is 0 Å². The Bertz CT molecular complexity index is 1530. The molecule has 1 fully saturated rings. The Kier molecular flexibility index (Phi) is 10.5. The Hall–Kier alpha value is -4.02. The van der Waals surface area contributed by atoms with Gasteiger partial charge in [0.1, 0.15) is 12.2 Å². The first-order valence-corrected chi connectivity index (χ1v) is 14.4. The second-order valence-electron chi connectivity index (χ2n) is 9.19. The molecule has 220 valence electrons. The van der Waals surface area contributed by atoms with Gasteiger partial charge in [0, 0.05) is 10.6 Å². The molecular formula is C31H30BrClN2O7. The van der Waals surface area contributed by atoms with Crippen molar-refractivity contribution < 1.29 is 33.3 Å². The zero-order valence-electron chi connectivity index (χ0n) is 23.4. The molecule has 1 aliphatic heterocycles. The Morgan fingerprint density at radius 2 is 1.74 bits per heavy atom. The highest BCUT2D eigenvalue weighted by Crippen LogP contribution is 2.38. The Balaban J connectivity index is 1.58. The smallest absolute Gasteiger partial charge is 0.331 e. The maximum Gasteiger partial charge on any atom is 0.331 e. The molecular weight excluding hydrogens is 628 g/mol. The van der Waals surface area contributed by atoms with Crippen molar-refractivity contribution in [2.45, 2.75) is 33.4 Å². The molecule has 0 spiro atoms. The first-order valence-electron chi connectivity index (χ1n) is 13.3. The van der Waals surface area contributed by atoms with Crippen molar-refractivity contribution in [1.29, 1.82) is 0 Å². The van der Waals surface area contributed by atoms with E-state index >= 15 is 0 Å². The van der Waals surface area contributed by atoms with E-state index in [2.05, 4.69) is 21.2 Å². The lowest BCUT2D eigenvalue weighted by atomic mass is 10.1. The van der Waals surface area contributed by atoms with Crippen molar-refractivity contribution in [3.05, 3.63) is 86.4 Å². The lowest BCUT2D eigenvalue weighted by Gasteiger charge is -2.26. The molecule has 11 heteroatoms. The molecule has 1 aliphatic rings. The predicted octanol–water partition coefficient (Wildman–Crippen LogP) is 6.54. The maximum atomic E-state index is 13.4. The number of barbiturate groups is 1. The first kappa shape index (κ1) is 30.9. The van der Waals surface area contributed by atoms with Crippen LogP contribution in [0, 0.1) is 0 Å². The van der Waals surface area contributed by atoms with E-state index in [4.69, 9.17) is 30.5 Å². The van der Waals surface area contributed by atoms with Crippen LogP contribution in [0.5, 0.6) is 23.0 Å². The van der Waals surface area contributed by atoms with Gasteiger partial charge < -0.3 is 18.9 Å². The van der Waals surface area contributed by atoms with Crippen molar-refractivity contribution >= 4 is 51.5 Å². The van der Waals surface area contributed by atoms with Crippen LogP contribution in [-0.2, 0) is 22.7 Å². The lowest BCUT2D eigenvalue weighted by Crippen LogP contribution is -2.53. The molecule has 9 nitrogen and oxygen atoms in total. The summed E-state index contributed by atoms with van der Waals surface area (Å²) < 4.78 is 23.5. The van der Waals surface area contributed by atoms with Crippen molar-refractivity contribution in [3.8, 4) is 23.0 Å². The highest BCUT2D eigenvalue weighted by atomic mass is 79.9. The summed E-state index contributed by atoms with van der Waals surface area (Å²) in [6.45, 7) is 4.92. The van der Waals surface area contributed by atoms with Gasteiger partial charge in [-0.3, -0.25) is 19.8 Å². The molecule has 4 rings (SSSR count). The Morgan fingerprint density at radius 3 is 2.45 bits per heavy atom. The molecule has 42 heavy (non-hydrogen) atoms. The number of carbonyl (C=O) groups excluding carboxylic acids is 3. The van der Waals surface area contributed by atoms with Crippen molar-refractivity contribution in [2.75, 3.05) is 20.3 Å². The third-order valence-corrected chi connectivity index (χ3v) is 7.15. The van der Waals surface area contributed by atoms with Gasteiger partial charge in [0.15, 0.2) is 23.0 Å². The summed E-state index contributed by atoms with van der Waals surface area (Å²) in [5.41, 5.74) is 1.70. The van der Waals surface area contributed by atoms with Gasteiger partial charge in [-0.15, -0.1) is 0 Å². The Morgan fingerprint density at radius 1 is 0.952 bits per heavy atom. The lowest BCUT2D eigenvalue weighted by molar-refractivity contribution is -0.130. The highest BCUT2D eigenvalue weighted by Gasteiger charge is 2.36. The van der Waals surface area contributed by atoms with E-state index in [1.165, 1.54) is 13.2 Å². The van der Waals surface area contributed by atoms with Crippen LogP contribution in [0.15, 0.2) is 64.6 Å². The summed E-state index contributed by atoms with van der Waals surface area (Å²) in [6, 6.07) is 15.0. The van der Waals surface area contributed by atoms with Crippen LogP contribution in [0.2, 0.25) is 5.02 Å². The van der Waals surface area contributed by atoms with Crippen LogP contribution in [0.3, 0.4) is 0 Å². The summed E-state index contributed by atoms with van der Waals surface area (Å²) in [5, 5.41) is 2.82. The van der Waals surface area contributed by atoms with Crippen LogP contribution in [0.1, 0.15) is 37.0 Å². The van der Waals surface area contributed by atoms with Crippen molar-refractivity contribution in [3.63, 3.8) is 0 Å². The minimum absolute atomic E-state index is 0.0781. The third-order valence-electron chi connectivity index (χ3n) is 6.19. The first-order chi connectivity index (χ1) is 20.2. The minimum Gasteiger partial charge on any atom is -0.493 e. The van der Waals surface area contributed by atoms with Crippen LogP contribution in [0.25, 0.3) is 6.08 Å². The quantitative estimate of drug-likeness (QED) is 0.174. The molecule has 0 atom stereocenters. The van der Waals surface area contributed by atoms with Gasteiger partial charge in [0.25, 0.3) is 11.8 Å². The summed E-state index contributed by atoms with van der Waals surface area (Å²) >= 11 is 9.74. The molecule has 3 aromatic rings. The van der Waals surface area contributed by atoms with E-state index in [1.807, 2.05) is 32.0 Å². The molecule has 0 aromatic heterocycles. The number of halogens is 2. The number of imide groups is 2. The fraction of sp³-hybridized carbons (Fsp3) is 0.258. The zero-order valence-corrected chi connectivity index (χ0v) is 25.7. The largest absolute Gasteiger partial charge is 0.493 e. The average Bonchev–Trinajstić information content (AvgIpc) is 2.97. The Labute approximate surface area is 257 Å². The van der Waals surface area contributed by atoms with E-state index in [0.717, 1.165) is 16.9 Å². The number of carbonyl (C=O) groups is 3. The third kappa shape index (κ3) is 7.24. The highest BCUT2D eigenvalue weighted by molar-refractivity contribution is 9.10. The standard InChI is InChI=1S/C31H30BrClN2O7/c1-4-12-41-25-11-10-19(15-26(25)40-5-2)17-35-30(37)22(29(36)34-31(35)38)13-20-14-23(32)28(27(16-20)39-3)42-18-21-8-6-7-9-24(21)33/h6-11,13-16H,4-5,12,17-18H2,1-3H3,(H,34,36,38)/b22-13+. The van der Waals surface area contributed by atoms with E-state index in [-0.39, 0.29) is 18.7 Å². The predicted molar refractivity (Wildman–Crippen MR) is 162 cm³/mol. The molecule has 0 bridgehead atoms. The fourth-order valence-electron chi connectivity index (χ4n) is 4.17. The van der Waals surface area contributed by atoms with Gasteiger partial charge in [-0.2, -0.15) is 0 Å².